The van der Waals surface area contributed by atoms with Crippen LogP contribution in [0.3, 0.4) is 0 Å². The van der Waals surface area contributed by atoms with Crippen LogP contribution in [0.1, 0.15) is 37.9 Å². The van der Waals surface area contributed by atoms with Crippen molar-refractivity contribution in [2.24, 2.45) is 5.92 Å². The van der Waals surface area contributed by atoms with Gasteiger partial charge in [-0.05, 0) is 30.4 Å². The van der Waals surface area contributed by atoms with Gasteiger partial charge in [0.1, 0.15) is 0 Å². The summed E-state index contributed by atoms with van der Waals surface area (Å²) in [6, 6.07) is 9.18. The Bertz CT molecular complexity index is 460. The number of aromatic nitrogens is 1. The third-order valence-corrected chi connectivity index (χ3v) is 3.60. The Morgan fingerprint density at radius 3 is 2.44 bits per heavy atom. The molecule has 0 aliphatic heterocycles. The lowest BCUT2D eigenvalue weighted by Gasteiger charge is -2.14. The van der Waals surface area contributed by atoms with Gasteiger partial charge in [0.2, 0.25) is 0 Å². The van der Waals surface area contributed by atoms with E-state index in [1.54, 1.807) is 11.3 Å². The normalized spacial score (nSPS) is 12.7. The molecular weight excluding hydrogens is 240 g/mol. The van der Waals surface area contributed by atoms with Gasteiger partial charge in [0.25, 0.3) is 0 Å². The van der Waals surface area contributed by atoms with Crippen molar-refractivity contribution in [1.29, 1.82) is 0 Å². The third-order valence-electron chi connectivity index (χ3n) is 2.90. The zero-order valence-corrected chi connectivity index (χ0v) is 12.0. The Kier molecular flexibility index (Phi) is 4.37. The van der Waals surface area contributed by atoms with E-state index in [2.05, 4.69) is 55.3 Å². The monoisotopic (exact) mass is 260 g/mol. The van der Waals surface area contributed by atoms with E-state index in [1.165, 1.54) is 11.1 Å². The molecule has 0 spiro atoms. The highest BCUT2D eigenvalue weighted by molar-refractivity contribution is 7.13. The lowest BCUT2D eigenvalue weighted by Crippen LogP contribution is -2.06. The first-order chi connectivity index (χ1) is 8.65. The average molecular weight is 260 g/mol. The highest BCUT2D eigenvalue weighted by Gasteiger charge is 2.06. The van der Waals surface area contributed by atoms with Crippen molar-refractivity contribution in [3.8, 4) is 0 Å². The number of hydrogen-bond donors (Lipinski definition) is 1. The molecule has 1 atom stereocenters. The molecular formula is C15H20N2S. The van der Waals surface area contributed by atoms with E-state index in [0.717, 1.165) is 11.6 Å². The second kappa shape index (κ2) is 6.01. The van der Waals surface area contributed by atoms with E-state index in [4.69, 9.17) is 0 Å². The van der Waals surface area contributed by atoms with Gasteiger partial charge in [-0.2, -0.15) is 0 Å². The molecule has 3 heteroatoms. The van der Waals surface area contributed by atoms with Crippen LogP contribution in [0.25, 0.3) is 0 Å². The van der Waals surface area contributed by atoms with E-state index in [1.807, 2.05) is 11.6 Å². The van der Waals surface area contributed by atoms with Gasteiger partial charge in [-0.1, -0.05) is 38.1 Å². The molecule has 96 valence electrons. The summed E-state index contributed by atoms with van der Waals surface area (Å²) in [5, 5.41) is 6.37. The molecule has 0 aliphatic rings. The Morgan fingerprint density at radius 2 is 1.89 bits per heavy atom. The summed E-state index contributed by atoms with van der Waals surface area (Å²) in [5.74, 6) is 0.710. The molecule has 18 heavy (non-hydrogen) atoms. The van der Waals surface area contributed by atoms with Gasteiger partial charge < -0.3 is 5.32 Å². The first kappa shape index (κ1) is 13.1. The minimum absolute atomic E-state index is 0.296. The molecule has 0 saturated heterocycles. The Balaban J connectivity index is 2.00. The maximum absolute atomic E-state index is 4.25. The summed E-state index contributed by atoms with van der Waals surface area (Å²) < 4.78 is 0. The lowest BCUT2D eigenvalue weighted by atomic mass is 10.00. The first-order valence-corrected chi connectivity index (χ1v) is 7.28. The standard InChI is InChI=1S/C15H20N2S/c1-11(2)10-13-4-6-14(7-5-13)12(3)17-15-16-8-9-18-15/h4-9,11-12H,10H2,1-3H3,(H,16,17). The van der Waals surface area contributed by atoms with Crippen LogP contribution in [0.15, 0.2) is 35.8 Å². The second-order valence-corrected chi connectivity index (χ2v) is 5.94. The summed E-state index contributed by atoms with van der Waals surface area (Å²) in [6.07, 6.45) is 2.97. The average Bonchev–Trinajstić information content (AvgIpc) is 2.82. The van der Waals surface area contributed by atoms with Crippen LogP contribution in [0.2, 0.25) is 0 Å². The molecule has 2 aromatic rings. The predicted octanol–water partition coefficient (Wildman–Crippen LogP) is 4.51. The topological polar surface area (TPSA) is 24.9 Å². The number of nitrogens with one attached hydrogen (secondary N) is 1. The van der Waals surface area contributed by atoms with Crippen molar-refractivity contribution < 1.29 is 0 Å². The van der Waals surface area contributed by atoms with Gasteiger partial charge in [-0.15, -0.1) is 11.3 Å². The van der Waals surface area contributed by atoms with Crippen LogP contribution >= 0.6 is 11.3 Å². The molecule has 1 unspecified atom stereocenters. The minimum atomic E-state index is 0.296. The molecule has 1 aromatic carbocycles. The molecule has 0 fully saturated rings. The molecule has 1 heterocycles. The number of thiazole rings is 1. The van der Waals surface area contributed by atoms with Gasteiger partial charge in [0.15, 0.2) is 5.13 Å². The zero-order valence-electron chi connectivity index (χ0n) is 11.2. The van der Waals surface area contributed by atoms with E-state index in [9.17, 15) is 0 Å². The molecule has 1 N–H and O–H groups in total. The van der Waals surface area contributed by atoms with Gasteiger partial charge in [0.05, 0.1) is 6.04 Å². The fourth-order valence-electron chi connectivity index (χ4n) is 1.98. The summed E-state index contributed by atoms with van der Waals surface area (Å²) in [4.78, 5) is 4.25. The predicted molar refractivity (Wildman–Crippen MR) is 79.1 cm³/mol. The van der Waals surface area contributed by atoms with Crippen LogP contribution in [-0.4, -0.2) is 4.98 Å². The molecule has 0 amide bonds. The second-order valence-electron chi connectivity index (χ2n) is 5.04. The van der Waals surface area contributed by atoms with Crippen LogP contribution in [0.4, 0.5) is 5.13 Å². The van der Waals surface area contributed by atoms with Crippen molar-refractivity contribution in [2.45, 2.75) is 33.2 Å². The Hall–Kier alpha value is -1.35. The van der Waals surface area contributed by atoms with E-state index in [-0.39, 0.29) is 0 Å². The van der Waals surface area contributed by atoms with Gasteiger partial charge in [0, 0.05) is 11.6 Å². The minimum Gasteiger partial charge on any atom is -0.355 e. The maximum Gasteiger partial charge on any atom is 0.183 e. The van der Waals surface area contributed by atoms with Crippen molar-refractivity contribution in [2.75, 3.05) is 5.32 Å². The molecule has 1 aromatic heterocycles. The largest absolute Gasteiger partial charge is 0.355 e. The molecule has 0 saturated carbocycles. The Labute approximate surface area is 113 Å². The molecule has 2 nitrogen and oxygen atoms in total. The van der Waals surface area contributed by atoms with Crippen LogP contribution < -0.4 is 5.32 Å². The van der Waals surface area contributed by atoms with E-state index >= 15 is 0 Å². The number of hydrogen-bond acceptors (Lipinski definition) is 3. The van der Waals surface area contributed by atoms with Crippen LogP contribution in [0, 0.1) is 5.92 Å². The zero-order chi connectivity index (χ0) is 13.0. The molecule has 0 radical (unpaired) electrons. The highest BCUT2D eigenvalue weighted by Crippen LogP contribution is 2.21. The smallest absolute Gasteiger partial charge is 0.183 e. The number of benzene rings is 1. The van der Waals surface area contributed by atoms with Crippen molar-refractivity contribution in [1.82, 2.24) is 4.98 Å². The van der Waals surface area contributed by atoms with Crippen molar-refractivity contribution >= 4 is 16.5 Å². The number of anilines is 1. The van der Waals surface area contributed by atoms with Crippen LogP contribution in [0.5, 0.6) is 0 Å². The SMILES string of the molecule is CC(C)Cc1ccc(C(C)Nc2nccs2)cc1. The quantitative estimate of drug-likeness (QED) is 0.855. The van der Waals surface area contributed by atoms with Crippen LogP contribution in [-0.2, 0) is 6.42 Å². The summed E-state index contributed by atoms with van der Waals surface area (Å²) >= 11 is 1.64. The number of nitrogens with zero attached hydrogens (tertiary/aromatic N) is 1. The van der Waals surface area contributed by atoms with E-state index in [0.29, 0.717) is 12.0 Å². The number of rotatable bonds is 5. The molecule has 0 aliphatic carbocycles. The third kappa shape index (κ3) is 3.57. The molecule has 0 bridgehead atoms. The fourth-order valence-corrected chi connectivity index (χ4v) is 2.59. The van der Waals surface area contributed by atoms with Crippen molar-refractivity contribution in [3.63, 3.8) is 0 Å². The lowest BCUT2D eigenvalue weighted by molar-refractivity contribution is 0.647. The molecule has 2 rings (SSSR count). The highest BCUT2D eigenvalue weighted by atomic mass is 32.1. The van der Waals surface area contributed by atoms with E-state index < -0.39 is 0 Å². The Morgan fingerprint density at radius 1 is 1.17 bits per heavy atom. The summed E-state index contributed by atoms with van der Waals surface area (Å²) in [5.41, 5.74) is 2.72. The van der Waals surface area contributed by atoms with Gasteiger partial charge >= 0.3 is 0 Å². The summed E-state index contributed by atoms with van der Waals surface area (Å²) in [6.45, 7) is 6.67. The van der Waals surface area contributed by atoms with Gasteiger partial charge in [-0.25, -0.2) is 4.98 Å². The maximum atomic E-state index is 4.25. The van der Waals surface area contributed by atoms with Crippen molar-refractivity contribution in [3.05, 3.63) is 47.0 Å². The first-order valence-electron chi connectivity index (χ1n) is 6.40. The van der Waals surface area contributed by atoms with Gasteiger partial charge in [-0.3, -0.25) is 0 Å². The fraction of sp³-hybridized carbons (Fsp3) is 0.400. The summed E-state index contributed by atoms with van der Waals surface area (Å²) in [7, 11) is 0.